The van der Waals surface area contributed by atoms with E-state index in [1.54, 1.807) is 0 Å². The molecule has 4 rings (SSSR count). The third-order valence-corrected chi connectivity index (χ3v) is 4.80. The van der Waals surface area contributed by atoms with Crippen molar-refractivity contribution in [3.63, 3.8) is 0 Å². The van der Waals surface area contributed by atoms with Crippen molar-refractivity contribution < 1.29 is 26.9 Å². The molecule has 6 nitrogen and oxygen atoms in total. The number of alkyl halides is 3. The van der Waals surface area contributed by atoms with E-state index in [-0.39, 0.29) is 17.8 Å². The second kappa shape index (κ2) is 8.29. The summed E-state index contributed by atoms with van der Waals surface area (Å²) in [4.78, 5) is 14.0. The highest BCUT2D eigenvalue weighted by Crippen LogP contribution is 2.33. The lowest BCUT2D eigenvalue weighted by Gasteiger charge is -2.14. The first kappa shape index (κ1) is 21.3. The third kappa shape index (κ3) is 4.39. The van der Waals surface area contributed by atoms with Gasteiger partial charge in [0, 0.05) is 24.9 Å². The summed E-state index contributed by atoms with van der Waals surface area (Å²) in [5.41, 5.74) is -0.0838. The van der Waals surface area contributed by atoms with Gasteiger partial charge in [0.2, 0.25) is 0 Å². The van der Waals surface area contributed by atoms with E-state index in [1.165, 1.54) is 35.1 Å². The summed E-state index contributed by atoms with van der Waals surface area (Å²) in [5, 5.41) is 7.81. The molecule has 1 amide bonds. The van der Waals surface area contributed by atoms with Crippen molar-refractivity contribution in [1.82, 2.24) is 14.9 Å². The van der Waals surface area contributed by atoms with Crippen molar-refractivity contribution in [2.45, 2.75) is 12.7 Å². The van der Waals surface area contributed by atoms with E-state index >= 15 is 0 Å². The molecular weight excluding hydrogens is 428 g/mol. The third-order valence-electron chi connectivity index (χ3n) is 4.80. The summed E-state index contributed by atoms with van der Waals surface area (Å²) in [6, 6.07) is 12.9. The van der Waals surface area contributed by atoms with Gasteiger partial charge in [0.15, 0.2) is 11.5 Å². The Morgan fingerprint density at radius 2 is 1.88 bits per heavy atom. The summed E-state index contributed by atoms with van der Waals surface area (Å²) in [6.45, 7) is -0.323. The standard InChI is InChI=1S/C22H16F4N4O2/c1-29(21(31)19-10-20(32-28-19)14-5-3-2-4-6-14)17-11-27-30(13-17)12-15-9-16(23)7-8-18(15)22(24,25)26/h2-11,13H,12H2,1H3. The molecule has 0 fully saturated rings. The number of benzene rings is 2. The van der Waals surface area contributed by atoms with Gasteiger partial charge in [-0.15, -0.1) is 0 Å². The van der Waals surface area contributed by atoms with E-state index < -0.39 is 23.5 Å². The first-order valence-corrected chi connectivity index (χ1v) is 9.40. The Kier molecular flexibility index (Phi) is 5.52. The van der Waals surface area contributed by atoms with Crippen LogP contribution in [0.15, 0.2) is 71.5 Å². The Morgan fingerprint density at radius 3 is 2.59 bits per heavy atom. The van der Waals surface area contributed by atoms with Gasteiger partial charge in [0.05, 0.1) is 24.0 Å². The molecule has 2 aromatic heterocycles. The molecule has 164 valence electrons. The van der Waals surface area contributed by atoms with Crippen LogP contribution in [0.5, 0.6) is 0 Å². The average molecular weight is 444 g/mol. The van der Waals surface area contributed by atoms with Crippen LogP contribution in [0.4, 0.5) is 23.2 Å². The smallest absolute Gasteiger partial charge is 0.355 e. The predicted octanol–water partition coefficient (Wildman–Crippen LogP) is 5.02. The highest BCUT2D eigenvalue weighted by molar-refractivity contribution is 6.04. The number of hydrogen-bond acceptors (Lipinski definition) is 4. The minimum Gasteiger partial charge on any atom is -0.355 e. The summed E-state index contributed by atoms with van der Waals surface area (Å²) in [7, 11) is 1.48. The Labute approximate surface area is 179 Å². The van der Waals surface area contributed by atoms with E-state index in [0.29, 0.717) is 17.5 Å². The topological polar surface area (TPSA) is 64.2 Å². The fourth-order valence-electron chi connectivity index (χ4n) is 3.16. The molecule has 0 radical (unpaired) electrons. The summed E-state index contributed by atoms with van der Waals surface area (Å²) in [5.74, 6) is -0.853. The average Bonchev–Trinajstić information content (AvgIpc) is 3.42. The normalized spacial score (nSPS) is 11.5. The lowest BCUT2D eigenvalue weighted by Crippen LogP contribution is -2.26. The maximum atomic E-state index is 13.5. The predicted molar refractivity (Wildman–Crippen MR) is 107 cm³/mol. The van der Waals surface area contributed by atoms with Crippen LogP contribution in [-0.2, 0) is 12.7 Å². The molecule has 0 saturated heterocycles. The number of anilines is 1. The molecule has 2 aromatic carbocycles. The SMILES string of the molecule is CN(C(=O)c1cc(-c2ccccc2)on1)c1cnn(Cc2cc(F)ccc2C(F)(F)F)c1. The van der Waals surface area contributed by atoms with Gasteiger partial charge in [-0.1, -0.05) is 35.5 Å². The van der Waals surface area contributed by atoms with Crippen LogP contribution in [0, 0.1) is 5.82 Å². The lowest BCUT2D eigenvalue weighted by atomic mass is 10.1. The fourth-order valence-corrected chi connectivity index (χ4v) is 3.16. The highest BCUT2D eigenvalue weighted by atomic mass is 19.4. The van der Waals surface area contributed by atoms with Gasteiger partial charge < -0.3 is 9.42 Å². The van der Waals surface area contributed by atoms with Crippen molar-refractivity contribution in [1.29, 1.82) is 0 Å². The lowest BCUT2D eigenvalue weighted by molar-refractivity contribution is -0.138. The maximum Gasteiger partial charge on any atom is 0.416 e. The zero-order valence-corrected chi connectivity index (χ0v) is 16.7. The molecule has 0 aliphatic heterocycles. The van der Waals surface area contributed by atoms with E-state index in [1.807, 2.05) is 30.3 Å². The van der Waals surface area contributed by atoms with Crippen molar-refractivity contribution in [3.8, 4) is 11.3 Å². The molecule has 0 saturated carbocycles. The summed E-state index contributed by atoms with van der Waals surface area (Å²) < 4.78 is 59.6. The van der Waals surface area contributed by atoms with Crippen LogP contribution in [0.3, 0.4) is 0 Å². The zero-order chi connectivity index (χ0) is 22.9. The summed E-state index contributed by atoms with van der Waals surface area (Å²) >= 11 is 0. The number of rotatable bonds is 5. The van der Waals surface area contributed by atoms with Crippen LogP contribution < -0.4 is 4.90 Å². The fraction of sp³-hybridized carbons (Fsp3) is 0.136. The van der Waals surface area contributed by atoms with Gasteiger partial charge in [0.25, 0.3) is 5.91 Å². The Morgan fingerprint density at radius 1 is 1.12 bits per heavy atom. The second-order valence-electron chi connectivity index (χ2n) is 7.00. The molecule has 2 heterocycles. The Bertz CT molecular complexity index is 1250. The van der Waals surface area contributed by atoms with E-state index in [9.17, 15) is 22.4 Å². The number of aromatic nitrogens is 3. The number of carbonyl (C=O) groups is 1. The number of nitrogens with zero attached hydrogens (tertiary/aromatic N) is 4. The van der Waals surface area contributed by atoms with Gasteiger partial charge in [-0.2, -0.15) is 18.3 Å². The van der Waals surface area contributed by atoms with Gasteiger partial charge in [-0.3, -0.25) is 9.48 Å². The van der Waals surface area contributed by atoms with Crippen LogP contribution in [-0.4, -0.2) is 27.9 Å². The molecular formula is C22H16F4N4O2. The largest absolute Gasteiger partial charge is 0.416 e. The molecule has 0 spiro atoms. The number of amides is 1. The number of halogens is 4. The van der Waals surface area contributed by atoms with Crippen molar-refractivity contribution >= 4 is 11.6 Å². The maximum absolute atomic E-state index is 13.5. The van der Waals surface area contributed by atoms with Gasteiger partial charge in [-0.05, 0) is 23.8 Å². The molecule has 4 aromatic rings. The van der Waals surface area contributed by atoms with Crippen molar-refractivity contribution in [2.75, 3.05) is 11.9 Å². The summed E-state index contributed by atoms with van der Waals surface area (Å²) in [6.07, 6.45) is -1.92. The van der Waals surface area contributed by atoms with E-state index in [0.717, 1.165) is 17.7 Å². The molecule has 0 aliphatic carbocycles. The highest BCUT2D eigenvalue weighted by Gasteiger charge is 2.33. The Hall–Kier alpha value is -3.95. The first-order chi connectivity index (χ1) is 15.2. The van der Waals surface area contributed by atoms with Crippen molar-refractivity contribution in [2.24, 2.45) is 0 Å². The van der Waals surface area contributed by atoms with Crippen LogP contribution >= 0.6 is 0 Å². The molecule has 0 unspecified atom stereocenters. The number of carbonyl (C=O) groups excluding carboxylic acids is 1. The van der Waals surface area contributed by atoms with Crippen LogP contribution in [0.1, 0.15) is 21.6 Å². The Balaban J connectivity index is 1.53. The molecule has 0 aliphatic rings. The van der Waals surface area contributed by atoms with E-state index in [4.69, 9.17) is 4.52 Å². The van der Waals surface area contributed by atoms with Crippen molar-refractivity contribution in [3.05, 3.63) is 89.6 Å². The molecule has 0 atom stereocenters. The van der Waals surface area contributed by atoms with Gasteiger partial charge in [-0.25, -0.2) is 4.39 Å². The zero-order valence-electron chi connectivity index (χ0n) is 16.7. The minimum atomic E-state index is -4.63. The number of hydrogen-bond donors (Lipinski definition) is 0. The first-order valence-electron chi connectivity index (χ1n) is 9.40. The van der Waals surface area contributed by atoms with Gasteiger partial charge >= 0.3 is 6.18 Å². The quantitative estimate of drug-likeness (QED) is 0.406. The monoisotopic (exact) mass is 444 g/mol. The van der Waals surface area contributed by atoms with E-state index in [2.05, 4.69) is 10.3 Å². The molecule has 10 heteroatoms. The second-order valence-corrected chi connectivity index (χ2v) is 7.00. The molecule has 0 N–H and O–H groups in total. The van der Waals surface area contributed by atoms with Gasteiger partial charge in [0.1, 0.15) is 5.82 Å². The molecule has 0 bridgehead atoms. The van der Waals surface area contributed by atoms with Crippen LogP contribution in [0.25, 0.3) is 11.3 Å². The molecule has 32 heavy (non-hydrogen) atoms. The minimum absolute atomic E-state index is 0.0589. The van der Waals surface area contributed by atoms with Crippen LogP contribution in [0.2, 0.25) is 0 Å².